The van der Waals surface area contributed by atoms with E-state index in [1.807, 2.05) is 0 Å². The van der Waals surface area contributed by atoms with Crippen molar-refractivity contribution in [3.05, 3.63) is 309 Å². The minimum atomic E-state index is -0.145. The van der Waals surface area contributed by atoms with Gasteiger partial charge in [0.05, 0.1) is 11.0 Å². The van der Waals surface area contributed by atoms with Gasteiger partial charge >= 0.3 is 0 Å². The van der Waals surface area contributed by atoms with Crippen molar-refractivity contribution in [1.82, 2.24) is 4.57 Å². The van der Waals surface area contributed by atoms with Crippen LogP contribution in [0.1, 0.15) is 191 Å². The summed E-state index contributed by atoms with van der Waals surface area (Å²) in [6, 6.07) is 96.9. The first-order chi connectivity index (χ1) is 52.8. The molecule has 0 radical (unpaired) electrons. The summed E-state index contributed by atoms with van der Waals surface area (Å²) < 4.78 is 2.77. The van der Waals surface area contributed by atoms with E-state index in [-0.39, 0.29) is 45.9 Å². The number of benzene rings is 13. The third kappa shape index (κ3) is 13.5. The van der Waals surface area contributed by atoms with Crippen LogP contribution in [0.3, 0.4) is 0 Å². The van der Waals surface area contributed by atoms with Crippen LogP contribution in [0, 0.1) is 41.5 Å². The van der Waals surface area contributed by atoms with Gasteiger partial charge < -0.3 is 9.47 Å². The van der Waals surface area contributed by atoms with Crippen molar-refractivity contribution in [3.63, 3.8) is 0 Å². The van der Waals surface area contributed by atoms with Crippen LogP contribution in [-0.2, 0) is 32.5 Å². The fourth-order valence-corrected chi connectivity index (χ4v) is 18.7. The fraction of sp³-hybridized carbons (Fsp3) is 0.278. The van der Waals surface area contributed by atoms with E-state index < -0.39 is 0 Å². The zero-order valence-electron chi connectivity index (χ0n) is 71.1. The maximum absolute atomic E-state index is 2.77. The molecule has 14 aromatic rings. The number of para-hydroxylation sites is 2. The van der Waals surface area contributed by atoms with E-state index in [0.29, 0.717) is 0 Å². The predicted octanol–water partition coefficient (Wildman–Crippen LogP) is 25.6. The molecule has 2 nitrogen and oxygen atoms in total. The number of aryl methyl sites for hydroxylation is 6. The van der Waals surface area contributed by atoms with Gasteiger partial charge in [-0.15, -0.1) is 0 Å². The lowest BCUT2D eigenvalue weighted by Crippen LogP contribution is -2.66. The van der Waals surface area contributed by atoms with Gasteiger partial charge in [-0.05, 0) is 246 Å². The first-order valence-corrected chi connectivity index (χ1v) is 41.0. The number of hydrogen-bond donors (Lipinski definition) is 0. The highest BCUT2D eigenvalue weighted by atomic mass is 15.2. The molecule has 0 aliphatic carbocycles. The van der Waals surface area contributed by atoms with Gasteiger partial charge in [-0.25, -0.2) is 0 Å². The second-order valence-corrected chi connectivity index (χ2v) is 39.5. The number of anilines is 3. The Morgan fingerprint density at radius 3 is 0.786 bits per heavy atom. The average molecular weight is 1460 g/mol. The molecule has 16 rings (SSSR count). The molecule has 13 aromatic carbocycles. The highest BCUT2D eigenvalue weighted by Crippen LogP contribution is 2.48. The van der Waals surface area contributed by atoms with Crippen molar-refractivity contribution in [3.8, 4) is 72.4 Å². The molecule has 3 heterocycles. The zero-order valence-corrected chi connectivity index (χ0v) is 71.1. The van der Waals surface area contributed by atoms with E-state index in [1.54, 1.807) is 0 Å². The maximum atomic E-state index is 2.77. The molecular weight excluding hydrogens is 1350 g/mol. The normalized spacial score (nSPS) is 13.3. The van der Waals surface area contributed by atoms with E-state index in [4.69, 9.17) is 0 Å². The van der Waals surface area contributed by atoms with E-state index in [2.05, 4.69) is 418 Å². The second-order valence-electron chi connectivity index (χ2n) is 39.5. The SMILES string of the molecule is Cc1cc(C)c(B2c3cc(C(C)(C)C)ccc3N3c4ccc(C(C)(C)C)cc4B(c4c(C)cc(C)cc4C)c4cc(-n5c6c(-c7cc(-c8ccc(C(C)(C)C)cc8)cc(-c8ccc(C(C)(C)C)cc8)c7)cccc6c6cccc(-c7cc(-c8ccc(C(C)(C)C)cc8)cc(-c8ccc(C(C)(C)C)cc8)c7)c65)cc2c43)c(C)c1. The highest BCUT2D eigenvalue weighted by molar-refractivity contribution is 7.02. The monoisotopic (exact) mass is 1460 g/mol. The van der Waals surface area contributed by atoms with Crippen LogP contribution in [-0.4, -0.2) is 18.0 Å². The Hall–Kier alpha value is -10.4. The van der Waals surface area contributed by atoms with Crippen LogP contribution in [0.2, 0.25) is 0 Å². The van der Waals surface area contributed by atoms with Gasteiger partial charge in [-0.2, -0.15) is 0 Å². The largest absolute Gasteiger partial charge is 0.313 e. The molecule has 0 bridgehead atoms. The summed E-state index contributed by atoms with van der Waals surface area (Å²) in [4.78, 5) is 2.72. The van der Waals surface area contributed by atoms with Crippen molar-refractivity contribution in [2.24, 2.45) is 0 Å². The number of hydrogen-bond acceptors (Lipinski definition) is 1. The van der Waals surface area contributed by atoms with Crippen LogP contribution in [0.25, 0.3) is 94.3 Å². The quantitative estimate of drug-likeness (QED) is 0.131. The molecule has 0 unspecified atom stereocenters. The molecule has 2 aliphatic rings. The third-order valence-corrected chi connectivity index (χ3v) is 24.8. The van der Waals surface area contributed by atoms with E-state index in [0.717, 1.165) is 16.8 Å². The maximum Gasteiger partial charge on any atom is 0.247 e. The minimum absolute atomic E-state index is 0.00111. The van der Waals surface area contributed by atoms with Crippen molar-refractivity contribution in [1.29, 1.82) is 0 Å². The summed E-state index contributed by atoms with van der Waals surface area (Å²) in [5, 5.41) is 2.41. The molecule has 0 atom stereocenters. The Labute approximate surface area is 670 Å². The number of aromatic nitrogens is 1. The summed E-state index contributed by atoms with van der Waals surface area (Å²) in [5.41, 5.74) is 44.9. The van der Waals surface area contributed by atoms with Gasteiger partial charge in [0.25, 0.3) is 0 Å². The van der Waals surface area contributed by atoms with Crippen molar-refractivity contribution in [2.75, 3.05) is 4.90 Å². The van der Waals surface area contributed by atoms with Gasteiger partial charge in [0.2, 0.25) is 13.4 Å². The summed E-state index contributed by atoms with van der Waals surface area (Å²) >= 11 is 0. The van der Waals surface area contributed by atoms with Crippen LogP contribution >= 0.6 is 0 Å². The van der Waals surface area contributed by atoms with Crippen molar-refractivity contribution in [2.45, 2.75) is 199 Å². The highest BCUT2D eigenvalue weighted by Gasteiger charge is 2.46. The Balaban J connectivity index is 1.09. The first kappa shape index (κ1) is 75.6. The van der Waals surface area contributed by atoms with E-state index in [1.165, 1.54) is 194 Å². The van der Waals surface area contributed by atoms with Gasteiger partial charge in [0, 0.05) is 44.6 Å². The lowest BCUT2D eigenvalue weighted by Gasteiger charge is -2.45. The molecule has 0 N–H and O–H groups in total. The molecule has 560 valence electrons. The minimum Gasteiger partial charge on any atom is -0.313 e. The van der Waals surface area contributed by atoms with Gasteiger partial charge in [-0.1, -0.05) is 351 Å². The van der Waals surface area contributed by atoms with Gasteiger partial charge in [0.15, 0.2) is 0 Å². The molecule has 112 heavy (non-hydrogen) atoms. The van der Waals surface area contributed by atoms with Crippen LogP contribution < -0.4 is 37.7 Å². The standard InChI is InChI=1S/C108H112B2N2/c1-65-51-67(3)98(68(4)52-65)109-92-61-85(107(19,20)21)47-49-96(92)112-97-50-48-86(108(22,23)24)62-93(97)110(99-69(5)53-66(2)54-70(99)6)95-64-87(63-94(109)102(95)112)111-100-88(79-57-75(71-31-39-81(40-32-71)103(7,8)9)55-76(58-79)72-33-41-82(42-34-72)104(10,11)12)27-25-29-90(100)91-30-26-28-89(101(91)111)80-59-77(73-35-43-83(44-36-73)105(13,14)15)56-78(60-80)74-37-45-84(46-38-74)106(16,17)18/h25-64H,1-24H3. The van der Waals surface area contributed by atoms with Crippen LogP contribution in [0.5, 0.6) is 0 Å². The number of nitrogens with zero attached hydrogens (tertiary/aromatic N) is 2. The molecule has 4 heteroatoms. The molecule has 2 aliphatic heterocycles. The van der Waals surface area contributed by atoms with Gasteiger partial charge in [-0.3, -0.25) is 0 Å². The van der Waals surface area contributed by atoms with Crippen molar-refractivity contribution >= 4 is 85.1 Å². The molecule has 0 fully saturated rings. The smallest absolute Gasteiger partial charge is 0.247 e. The number of fused-ring (bicyclic) bond motifs is 7. The van der Waals surface area contributed by atoms with Crippen LogP contribution in [0.4, 0.5) is 17.1 Å². The topological polar surface area (TPSA) is 8.17 Å². The average Bonchev–Trinajstić information content (AvgIpc) is 0.878. The molecule has 0 saturated heterocycles. The third-order valence-electron chi connectivity index (χ3n) is 24.8. The zero-order chi connectivity index (χ0) is 79.5. The van der Waals surface area contributed by atoms with E-state index >= 15 is 0 Å². The summed E-state index contributed by atoms with van der Waals surface area (Å²) in [7, 11) is 0. The molecule has 0 spiro atoms. The lowest BCUT2D eigenvalue weighted by atomic mass is 9.29. The number of rotatable bonds is 9. The Morgan fingerprint density at radius 2 is 0.509 bits per heavy atom. The fourth-order valence-electron chi connectivity index (χ4n) is 18.7. The summed E-state index contributed by atoms with van der Waals surface area (Å²) in [6.45, 7) is 55.8. The lowest BCUT2D eigenvalue weighted by molar-refractivity contribution is 0.590. The summed E-state index contributed by atoms with van der Waals surface area (Å²) in [5.74, 6) is 0. The molecule has 0 saturated carbocycles. The Morgan fingerprint density at radius 1 is 0.241 bits per heavy atom. The Kier molecular flexibility index (Phi) is 18.4. The summed E-state index contributed by atoms with van der Waals surface area (Å²) in [6.07, 6.45) is 0. The molecular formula is C108H112B2N2. The first-order valence-electron chi connectivity index (χ1n) is 41.0. The predicted molar refractivity (Wildman–Crippen MR) is 491 cm³/mol. The second kappa shape index (κ2) is 27.2. The van der Waals surface area contributed by atoms with Gasteiger partial charge in [0.1, 0.15) is 0 Å². The Bertz CT molecular complexity index is 5520. The molecule has 0 amide bonds. The molecule has 1 aromatic heterocycles. The van der Waals surface area contributed by atoms with Crippen LogP contribution in [0.15, 0.2) is 243 Å². The van der Waals surface area contributed by atoms with Crippen molar-refractivity contribution < 1.29 is 0 Å². The van der Waals surface area contributed by atoms with E-state index in [9.17, 15) is 0 Å².